The van der Waals surface area contributed by atoms with E-state index in [0.29, 0.717) is 0 Å². The lowest BCUT2D eigenvalue weighted by molar-refractivity contribution is -0.137. The first-order valence-electron chi connectivity index (χ1n) is 6.87. The Labute approximate surface area is 142 Å². The molecular formula is C17H13F3N2OS. The van der Waals surface area contributed by atoms with E-state index in [0.717, 1.165) is 17.7 Å². The number of anilines is 1. The smallest absolute Gasteiger partial charge is 0.332 e. The molecule has 0 saturated heterocycles. The van der Waals surface area contributed by atoms with Crippen molar-refractivity contribution in [3.8, 4) is 0 Å². The summed E-state index contributed by atoms with van der Waals surface area (Å²) in [6.07, 6.45) is -1.56. The van der Waals surface area contributed by atoms with Gasteiger partial charge >= 0.3 is 6.18 Å². The molecule has 2 aromatic rings. The van der Waals surface area contributed by atoms with E-state index in [1.165, 1.54) is 18.2 Å². The molecule has 1 amide bonds. The van der Waals surface area contributed by atoms with Gasteiger partial charge in [0.05, 0.1) is 5.56 Å². The van der Waals surface area contributed by atoms with Crippen molar-refractivity contribution in [1.82, 2.24) is 5.32 Å². The molecule has 0 spiro atoms. The molecule has 0 bridgehead atoms. The van der Waals surface area contributed by atoms with E-state index >= 15 is 0 Å². The van der Waals surface area contributed by atoms with Crippen LogP contribution in [0, 0.1) is 0 Å². The summed E-state index contributed by atoms with van der Waals surface area (Å²) < 4.78 is 37.9. The zero-order chi connectivity index (χ0) is 17.6. The minimum absolute atomic E-state index is 0.0861. The molecule has 0 saturated carbocycles. The Kier molecular flexibility index (Phi) is 5.70. The average molecular weight is 350 g/mol. The lowest BCUT2D eigenvalue weighted by Gasteiger charge is -2.11. The van der Waals surface area contributed by atoms with Crippen LogP contribution < -0.4 is 10.6 Å². The average Bonchev–Trinajstić information content (AvgIpc) is 2.53. The maximum absolute atomic E-state index is 12.6. The maximum atomic E-state index is 12.6. The van der Waals surface area contributed by atoms with Crippen LogP contribution in [0.15, 0.2) is 60.7 Å². The lowest BCUT2D eigenvalue weighted by atomic mass is 10.2. The van der Waals surface area contributed by atoms with Gasteiger partial charge in [0.2, 0.25) is 5.91 Å². The molecule has 0 fully saturated rings. The normalized spacial score (nSPS) is 11.3. The number of thiocarbonyl (C=S) groups is 1. The molecule has 124 valence electrons. The summed E-state index contributed by atoms with van der Waals surface area (Å²) >= 11 is 4.92. The molecule has 2 aromatic carbocycles. The highest BCUT2D eigenvalue weighted by atomic mass is 32.1. The Morgan fingerprint density at radius 3 is 2.42 bits per heavy atom. The van der Waals surface area contributed by atoms with Crippen LogP contribution in [-0.4, -0.2) is 11.0 Å². The number of nitrogens with one attached hydrogen (secondary N) is 2. The molecule has 0 atom stereocenters. The van der Waals surface area contributed by atoms with Gasteiger partial charge in [-0.3, -0.25) is 10.1 Å². The third-order valence-electron chi connectivity index (χ3n) is 2.91. The zero-order valence-corrected chi connectivity index (χ0v) is 13.1. The van der Waals surface area contributed by atoms with Gasteiger partial charge < -0.3 is 5.32 Å². The maximum Gasteiger partial charge on any atom is 0.416 e. The van der Waals surface area contributed by atoms with Crippen LogP contribution >= 0.6 is 12.2 Å². The van der Waals surface area contributed by atoms with Gasteiger partial charge in [-0.05, 0) is 42.1 Å². The minimum atomic E-state index is -4.44. The Bertz CT molecular complexity index is 758. The standard InChI is InChI=1S/C17H13F3N2OS/c18-17(19,20)13-7-4-8-14(11-13)21-16(24)22-15(23)10-9-12-5-2-1-3-6-12/h1-11H,(H2,21,22,23,24)/b10-9+. The van der Waals surface area contributed by atoms with Crippen molar-refractivity contribution in [1.29, 1.82) is 0 Å². The summed E-state index contributed by atoms with van der Waals surface area (Å²) in [7, 11) is 0. The quantitative estimate of drug-likeness (QED) is 0.643. The highest BCUT2D eigenvalue weighted by Gasteiger charge is 2.30. The molecule has 0 aliphatic carbocycles. The number of amides is 1. The first kappa shape index (κ1) is 17.7. The summed E-state index contributed by atoms with van der Waals surface area (Å²) in [6.45, 7) is 0. The molecule has 0 unspecified atom stereocenters. The molecule has 0 aliphatic rings. The predicted molar refractivity (Wildman–Crippen MR) is 91.3 cm³/mol. The van der Waals surface area contributed by atoms with Crippen molar-refractivity contribution in [2.45, 2.75) is 6.18 Å². The number of carbonyl (C=O) groups excluding carboxylic acids is 1. The highest BCUT2D eigenvalue weighted by molar-refractivity contribution is 7.80. The predicted octanol–water partition coefficient (Wildman–Crippen LogP) is 4.23. The molecule has 2 N–H and O–H groups in total. The Hall–Kier alpha value is -2.67. The molecule has 0 aromatic heterocycles. The van der Waals surface area contributed by atoms with Gasteiger partial charge in [0.25, 0.3) is 0 Å². The number of rotatable bonds is 3. The van der Waals surface area contributed by atoms with E-state index in [1.807, 2.05) is 30.3 Å². The fourth-order valence-electron chi connectivity index (χ4n) is 1.83. The minimum Gasteiger partial charge on any atom is -0.332 e. The number of benzene rings is 2. The second-order valence-electron chi connectivity index (χ2n) is 4.77. The van der Waals surface area contributed by atoms with E-state index < -0.39 is 17.6 Å². The number of halogens is 3. The number of hydrogen-bond donors (Lipinski definition) is 2. The number of hydrogen-bond acceptors (Lipinski definition) is 2. The highest BCUT2D eigenvalue weighted by Crippen LogP contribution is 2.30. The van der Waals surface area contributed by atoms with Crippen molar-refractivity contribution in [2.24, 2.45) is 0 Å². The van der Waals surface area contributed by atoms with Crippen LogP contribution in [0.4, 0.5) is 18.9 Å². The summed E-state index contributed by atoms with van der Waals surface area (Å²) in [5, 5.41) is 4.83. The van der Waals surface area contributed by atoms with Crippen molar-refractivity contribution >= 4 is 35.0 Å². The molecule has 3 nitrogen and oxygen atoms in total. The largest absolute Gasteiger partial charge is 0.416 e. The van der Waals surface area contributed by atoms with E-state index in [2.05, 4.69) is 10.6 Å². The van der Waals surface area contributed by atoms with Crippen LogP contribution in [0.3, 0.4) is 0 Å². The van der Waals surface area contributed by atoms with Crippen molar-refractivity contribution in [3.63, 3.8) is 0 Å². The third-order valence-corrected chi connectivity index (χ3v) is 3.12. The van der Waals surface area contributed by atoms with Crippen LogP contribution in [0.2, 0.25) is 0 Å². The van der Waals surface area contributed by atoms with Crippen LogP contribution in [-0.2, 0) is 11.0 Å². The fraction of sp³-hybridized carbons (Fsp3) is 0.0588. The Morgan fingerprint density at radius 2 is 1.75 bits per heavy atom. The number of carbonyl (C=O) groups is 1. The Morgan fingerprint density at radius 1 is 1.04 bits per heavy atom. The van der Waals surface area contributed by atoms with Gasteiger partial charge in [0, 0.05) is 11.8 Å². The van der Waals surface area contributed by atoms with E-state index in [4.69, 9.17) is 12.2 Å². The van der Waals surface area contributed by atoms with Crippen LogP contribution in [0.25, 0.3) is 6.08 Å². The SMILES string of the molecule is O=C(/C=C/c1ccccc1)NC(=S)Nc1cccc(C(F)(F)F)c1. The van der Waals surface area contributed by atoms with Crippen LogP contribution in [0.5, 0.6) is 0 Å². The molecule has 0 aliphatic heterocycles. The van der Waals surface area contributed by atoms with Crippen molar-refractivity contribution in [3.05, 3.63) is 71.8 Å². The summed E-state index contributed by atoms with van der Waals surface area (Å²) in [4.78, 5) is 11.7. The molecule has 0 heterocycles. The molecule has 0 radical (unpaired) electrons. The van der Waals surface area contributed by atoms with E-state index in [-0.39, 0.29) is 10.8 Å². The summed E-state index contributed by atoms with van der Waals surface area (Å²) in [5.74, 6) is -0.483. The van der Waals surface area contributed by atoms with Gasteiger partial charge in [-0.15, -0.1) is 0 Å². The first-order chi connectivity index (χ1) is 11.3. The Balaban J connectivity index is 1.93. The lowest BCUT2D eigenvalue weighted by Crippen LogP contribution is -2.32. The number of alkyl halides is 3. The zero-order valence-electron chi connectivity index (χ0n) is 12.3. The fourth-order valence-corrected chi connectivity index (χ4v) is 2.04. The third kappa shape index (κ3) is 5.51. The molecule has 2 rings (SSSR count). The van der Waals surface area contributed by atoms with Gasteiger partial charge in [-0.1, -0.05) is 36.4 Å². The summed E-state index contributed by atoms with van der Waals surface area (Å²) in [6, 6.07) is 13.7. The van der Waals surface area contributed by atoms with Gasteiger partial charge in [0.1, 0.15) is 0 Å². The topological polar surface area (TPSA) is 41.1 Å². The molecule has 24 heavy (non-hydrogen) atoms. The monoisotopic (exact) mass is 350 g/mol. The molecular weight excluding hydrogens is 337 g/mol. The second-order valence-corrected chi connectivity index (χ2v) is 5.17. The molecule has 7 heteroatoms. The first-order valence-corrected chi connectivity index (χ1v) is 7.28. The van der Waals surface area contributed by atoms with Crippen molar-refractivity contribution in [2.75, 3.05) is 5.32 Å². The van der Waals surface area contributed by atoms with Gasteiger partial charge in [-0.2, -0.15) is 13.2 Å². The second kappa shape index (κ2) is 7.74. The van der Waals surface area contributed by atoms with Crippen molar-refractivity contribution < 1.29 is 18.0 Å². The van der Waals surface area contributed by atoms with Crippen LogP contribution in [0.1, 0.15) is 11.1 Å². The van der Waals surface area contributed by atoms with Gasteiger partial charge in [-0.25, -0.2) is 0 Å². The van der Waals surface area contributed by atoms with Gasteiger partial charge in [0.15, 0.2) is 5.11 Å². The van der Waals surface area contributed by atoms with E-state index in [1.54, 1.807) is 6.08 Å². The van der Waals surface area contributed by atoms with E-state index in [9.17, 15) is 18.0 Å². The summed E-state index contributed by atoms with van der Waals surface area (Å²) in [5.41, 5.74) is 0.178.